The highest BCUT2D eigenvalue weighted by molar-refractivity contribution is 7.89. The number of amides is 1. The lowest BCUT2D eigenvalue weighted by atomic mass is 10.1. The largest absolute Gasteiger partial charge is 0.368 e. The third-order valence-electron chi connectivity index (χ3n) is 4.59. The molecule has 1 aliphatic rings. The fraction of sp³-hybridized carbons (Fsp3) is 0.250. The van der Waals surface area contributed by atoms with E-state index in [0.29, 0.717) is 31.7 Å². The fourth-order valence-electron chi connectivity index (χ4n) is 3.03. The van der Waals surface area contributed by atoms with Gasteiger partial charge < -0.3 is 9.80 Å². The Balaban J connectivity index is 1.62. The molecule has 0 bridgehead atoms. The quantitative estimate of drug-likeness (QED) is 0.751. The lowest BCUT2D eigenvalue weighted by Crippen LogP contribution is -2.48. The van der Waals surface area contributed by atoms with Crippen molar-refractivity contribution in [2.45, 2.75) is 4.90 Å². The van der Waals surface area contributed by atoms with Crippen LogP contribution in [0.4, 0.5) is 10.1 Å². The van der Waals surface area contributed by atoms with Crippen LogP contribution >= 0.6 is 0 Å². The molecule has 8 heteroatoms. The number of piperazine rings is 1. The molecule has 3 rings (SSSR count). The summed E-state index contributed by atoms with van der Waals surface area (Å²) >= 11 is 0. The summed E-state index contributed by atoms with van der Waals surface area (Å²) in [6.07, 6.45) is 1.46. The molecule has 0 unspecified atom stereocenters. The van der Waals surface area contributed by atoms with Gasteiger partial charge in [-0.1, -0.05) is 6.08 Å². The summed E-state index contributed by atoms with van der Waals surface area (Å²) in [5.41, 5.74) is 1.37. The number of benzene rings is 2. The number of carbonyl (C=O) groups excluding carboxylic acids is 1. The number of hydrogen-bond acceptors (Lipinski definition) is 4. The van der Waals surface area contributed by atoms with Gasteiger partial charge in [0.2, 0.25) is 10.0 Å². The average Bonchev–Trinajstić information content (AvgIpc) is 2.72. The zero-order valence-corrected chi connectivity index (χ0v) is 16.2. The molecule has 1 fully saturated rings. The predicted molar refractivity (Wildman–Crippen MR) is 106 cm³/mol. The Labute approximate surface area is 164 Å². The zero-order chi connectivity index (χ0) is 20.1. The summed E-state index contributed by atoms with van der Waals surface area (Å²) in [6.45, 7) is 5.99. The van der Waals surface area contributed by atoms with Crippen molar-refractivity contribution >= 4 is 21.6 Å². The molecule has 0 atom stereocenters. The molecule has 0 aromatic heterocycles. The average molecular weight is 403 g/mol. The lowest BCUT2D eigenvalue weighted by Gasteiger charge is -2.36. The molecule has 0 saturated carbocycles. The maximum Gasteiger partial charge on any atom is 0.253 e. The first kappa shape index (κ1) is 20.0. The number of rotatable bonds is 6. The molecule has 1 saturated heterocycles. The van der Waals surface area contributed by atoms with Gasteiger partial charge in [0, 0.05) is 44.0 Å². The Kier molecular flexibility index (Phi) is 6.11. The van der Waals surface area contributed by atoms with E-state index in [0.717, 1.165) is 5.69 Å². The molecule has 1 amide bonds. The number of anilines is 1. The summed E-state index contributed by atoms with van der Waals surface area (Å²) in [5.74, 6) is -0.413. The van der Waals surface area contributed by atoms with Gasteiger partial charge in [-0.25, -0.2) is 17.5 Å². The smallest absolute Gasteiger partial charge is 0.253 e. The molecule has 148 valence electrons. The van der Waals surface area contributed by atoms with Crippen molar-refractivity contribution in [1.82, 2.24) is 9.62 Å². The molecular weight excluding hydrogens is 381 g/mol. The number of nitrogens with zero attached hydrogens (tertiary/aromatic N) is 2. The number of hydrogen-bond donors (Lipinski definition) is 1. The van der Waals surface area contributed by atoms with Crippen molar-refractivity contribution in [3.05, 3.63) is 72.6 Å². The van der Waals surface area contributed by atoms with Crippen LogP contribution in [0.25, 0.3) is 0 Å². The molecular formula is C20H22FN3O3S. The van der Waals surface area contributed by atoms with Crippen LogP contribution in [-0.4, -0.2) is 51.9 Å². The summed E-state index contributed by atoms with van der Waals surface area (Å²) in [6, 6.07) is 12.2. The highest BCUT2D eigenvalue weighted by atomic mass is 32.2. The van der Waals surface area contributed by atoms with E-state index in [1.165, 1.54) is 42.5 Å². The Hall–Kier alpha value is -2.71. The Bertz CT molecular complexity index is 936. The minimum Gasteiger partial charge on any atom is -0.368 e. The molecule has 28 heavy (non-hydrogen) atoms. The van der Waals surface area contributed by atoms with Crippen molar-refractivity contribution in [3.8, 4) is 0 Å². The maximum absolute atomic E-state index is 13.1. The van der Waals surface area contributed by atoms with Crippen molar-refractivity contribution in [2.24, 2.45) is 0 Å². The molecule has 1 heterocycles. The summed E-state index contributed by atoms with van der Waals surface area (Å²) < 4.78 is 39.6. The van der Waals surface area contributed by atoms with Crippen LogP contribution in [0.1, 0.15) is 10.4 Å². The van der Waals surface area contributed by atoms with E-state index in [1.807, 2.05) is 0 Å². The SMILES string of the molecule is C=CCNS(=O)(=O)c1ccc(C(=O)N2CCN(c3ccc(F)cc3)CC2)cc1. The van der Waals surface area contributed by atoms with Gasteiger partial charge in [0.15, 0.2) is 0 Å². The minimum absolute atomic E-state index is 0.104. The van der Waals surface area contributed by atoms with E-state index in [4.69, 9.17) is 0 Å². The standard InChI is InChI=1S/C20H22FN3O3S/c1-2-11-22-28(26,27)19-9-3-16(4-10-19)20(25)24-14-12-23(13-15-24)18-7-5-17(21)6-8-18/h2-10,22H,1,11-15H2. The van der Waals surface area contributed by atoms with Gasteiger partial charge in [0.05, 0.1) is 4.90 Å². The third kappa shape index (κ3) is 4.58. The first-order chi connectivity index (χ1) is 13.4. The van der Waals surface area contributed by atoms with Gasteiger partial charge in [0.1, 0.15) is 5.82 Å². The van der Waals surface area contributed by atoms with Gasteiger partial charge in [-0.3, -0.25) is 4.79 Å². The fourth-order valence-corrected chi connectivity index (χ4v) is 4.03. The maximum atomic E-state index is 13.1. The molecule has 1 N–H and O–H groups in total. The lowest BCUT2D eigenvalue weighted by molar-refractivity contribution is 0.0746. The van der Waals surface area contributed by atoms with Crippen LogP contribution in [0.2, 0.25) is 0 Å². The zero-order valence-electron chi connectivity index (χ0n) is 15.3. The minimum atomic E-state index is -3.61. The van der Waals surface area contributed by atoms with Gasteiger partial charge in [-0.2, -0.15) is 0 Å². The summed E-state index contributed by atoms with van der Waals surface area (Å²) in [5, 5.41) is 0. The van der Waals surface area contributed by atoms with Gasteiger partial charge in [0.25, 0.3) is 5.91 Å². The summed E-state index contributed by atoms with van der Waals surface area (Å²) in [4.78, 5) is 16.6. The molecule has 2 aromatic rings. The van der Waals surface area contributed by atoms with Crippen molar-refractivity contribution in [3.63, 3.8) is 0 Å². The monoisotopic (exact) mass is 403 g/mol. The molecule has 1 aliphatic heterocycles. The molecule has 2 aromatic carbocycles. The molecule has 0 radical (unpaired) electrons. The van der Waals surface area contributed by atoms with Crippen LogP contribution in [0, 0.1) is 5.82 Å². The Morgan fingerprint density at radius 1 is 1.04 bits per heavy atom. The molecule has 0 spiro atoms. The third-order valence-corrected chi connectivity index (χ3v) is 6.03. The van der Waals surface area contributed by atoms with Crippen LogP contribution < -0.4 is 9.62 Å². The van der Waals surface area contributed by atoms with E-state index in [-0.39, 0.29) is 23.2 Å². The van der Waals surface area contributed by atoms with Gasteiger partial charge in [-0.15, -0.1) is 6.58 Å². The Morgan fingerprint density at radius 3 is 2.21 bits per heavy atom. The van der Waals surface area contributed by atoms with E-state index in [2.05, 4.69) is 16.2 Å². The number of sulfonamides is 1. The number of halogens is 1. The number of nitrogens with one attached hydrogen (secondary N) is 1. The first-order valence-electron chi connectivity index (χ1n) is 8.91. The van der Waals surface area contributed by atoms with Gasteiger partial charge in [-0.05, 0) is 48.5 Å². The van der Waals surface area contributed by atoms with E-state index >= 15 is 0 Å². The van der Waals surface area contributed by atoms with Crippen molar-refractivity contribution < 1.29 is 17.6 Å². The first-order valence-corrected chi connectivity index (χ1v) is 10.4. The van der Waals surface area contributed by atoms with Crippen LogP contribution in [0.15, 0.2) is 66.1 Å². The Morgan fingerprint density at radius 2 is 1.64 bits per heavy atom. The highest BCUT2D eigenvalue weighted by Gasteiger charge is 2.23. The van der Waals surface area contributed by atoms with E-state index < -0.39 is 10.0 Å². The van der Waals surface area contributed by atoms with Crippen molar-refractivity contribution in [1.29, 1.82) is 0 Å². The predicted octanol–water partition coefficient (Wildman–Crippen LogP) is 2.25. The van der Waals surface area contributed by atoms with Gasteiger partial charge >= 0.3 is 0 Å². The van der Waals surface area contributed by atoms with Crippen molar-refractivity contribution in [2.75, 3.05) is 37.6 Å². The normalized spacial score (nSPS) is 14.8. The van der Waals surface area contributed by atoms with E-state index in [9.17, 15) is 17.6 Å². The van der Waals surface area contributed by atoms with Crippen LogP contribution in [0.5, 0.6) is 0 Å². The molecule has 6 nitrogen and oxygen atoms in total. The summed E-state index contributed by atoms with van der Waals surface area (Å²) in [7, 11) is -3.61. The molecule has 0 aliphatic carbocycles. The second-order valence-corrected chi connectivity index (χ2v) is 8.19. The topological polar surface area (TPSA) is 69.7 Å². The van der Waals surface area contributed by atoms with Crippen LogP contribution in [-0.2, 0) is 10.0 Å². The second kappa shape index (κ2) is 8.53. The second-order valence-electron chi connectivity index (χ2n) is 6.42. The van der Waals surface area contributed by atoms with E-state index in [1.54, 1.807) is 17.0 Å². The van der Waals surface area contributed by atoms with Crippen LogP contribution in [0.3, 0.4) is 0 Å². The highest BCUT2D eigenvalue weighted by Crippen LogP contribution is 2.18. The number of carbonyl (C=O) groups is 1.